The fourth-order valence-electron chi connectivity index (χ4n) is 6.60. The standard InChI is InChI=1S/C42H83NO5/c1-6-9-12-13-14-20-26-37-47-40(45)31-21-16-15-18-24-33-43(35-36-44)34-25-19-17-23-32-42(4,5)41(46)48-38-27-22-30-39(28-10-7-2)29-11-8-3/h39,44H,6-38H2,1-5H3. The molecule has 0 aromatic carbocycles. The van der Waals surface area contributed by atoms with Gasteiger partial charge in [0, 0.05) is 13.0 Å². The molecule has 0 amide bonds. The Bertz CT molecular complexity index is 704. The largest absolute Gasteiger partial charge is 0.466 e. The molecule has 0 radical (unpaired) electrons. The maximum atomic E-state index is 12.8. The molecule has 0 saturated carbocycles. The van der Waals surface area contributed by atoms with Crippen molar-refractivity contribution in [3.05, 3.63) is 0 Å². The van der Waals surface area contributed by atoms with Gasteiger partial charge in [-0.2, -0.15) is 0 Å². The first-order chi connectivity index (χ1) is 23.3. The molecule has 0 unspecified atom stereocenters. The summed E-state index contributed by atoms with van der Waals surface area (Å²) in [5.41, 5.74) is -0.415. The van der Waals surface area contributed by atoms with E-state index in [-0.39, 0.29) is 18.5 Å². The molecule has 0 aliphatic carbocycles. The predicted octanol–water partition coefficient (Wildman–Crippen LogP) is 11.6. The van der Waals surface area contributed by atoms with Crippen molar-refractivity contribution in [2.45, 2.75) is 208 Å². The highest BCUT2D eigenvalue weighted by molar-refractivity contribution is 5.75. The number of aliphatic hydroxyl groups excluding tert-OH is 1. The summed E-state index contributed by atoms with van der Waals surface area (Å²) < 4.78 is 11.1. The van der Waals surface area contributed by atoms with E-state index >= 15 is 0 Å². The molecule has 0 aliphatic rings. The number of ether oxygens (including phenoxy) is 2. The van der Waals surface area contributed by atoms with E-state index in [9.17, 15) is 14.7 Å². The summed E-state index contributed by atoms with van der Waals surface area (Å²) in [6.07, 6.45) is 31.3. The van der Waals surface area contributed by atoms with Crippen molar-refractivity contribution >= 4 is 11.9 Å². The van der Waals surface area contributed by atoms with E-state index in [1.807, 2.05) is 13.8 Å². The normalized spacial score (nSPS) is 11.9. The van der Waals surface area contributed by atoms with Crippen LogP contribution in [0.5, 0.6) is 0 Å². The third-order valence-corrected chi connectivity index (χ3v) is 10.0. The van der Waals surface area contributed by atoms with Crippen LogP contribution in [0.25, 0.3) is 0 Å². The van der Waals surface area contributed by atoms with Gasteiger partial charge in [0.1, 0.15) is 0 Å². The van der Waals surface area contributed by atoms with Crippen LogP contribution in [-0.4, -0.2) is 61.4 Å². The zero-order valence-corrected chi connectivity index (χ0v) is 32.9. The lowest BCUT2D eigenvalue weighted by Gasteiger charge is -2.23. The first-order valence-electron chi connectivity index (χ1n) is 21.0. The lowest BCUT2D eigenvalue weighted by atomic mass is 9.87. The summed E-state index contributed by atoms with van der Waals surface area (Å²) in [6, 6.07) is 0. The van der Waals surface area contributed by atoms with Crippen LogP contribution in [0.4, 0.5) is 0 Å². The van der Waals surface area contributed by atoms with Gasteiger partial charge in [-0.25, -0.2) is 0 Å². The zero-order chi connectivity index (χ0) is 35.6. The molecule has 0 spiro atoms. The summed E-state index contributed by atoms with van der Waals surface area (Å²) in [4.78, 5) is 27.1. The maximum Gasteiger partial charge on any atom is 0.311 e. The van der Waals surface area contributed by atoms with Crippen LogP contribution in [0.3, 0.4) is 0 Å². The summed E-state index contributed by atoms with van der Waals surface area (Å²) in [6.45, 7) is 15.0. The quantitative estimate of drug-likeness (QED) is 0.0519. The van der Waals surface area contributed by atoms with Crippen LogP contribution in [0.2, 0.25) is 0 Å². The minimum Gasteiger partial charge on any atom is -0.466 e. The van der Waals surface area contributed by atoms with Crippen molar-refractivity contribution in [3.63, 3.8) is 0 Å². The highest BCUT2D eigenvalue weighted by Crippen LogP contribution is 2.27. The van der Waals surface area contributed by atoms with Gasteiger partial charge in [0.25, 0.3) is 0 Å². The topological polar surface area (TPSA) is 76.1 Å². The Kier molecular flexibility index (Phi) is 33.5. The van der Waals surface area contributed by atoms with Crippen molar-refractivity contribution in [2.24, 2.45) is 11.3 Å². The number of unbranched alkanes of at least 4 members (excludes halogenated alkanes) is 16. The lowest BCUT2D eigenvalue weighted by Crippen LogP contribution is -2.29. The number of carbonyl (C=O) groups excluding carboxylic acids is 2. The molecule has 0 aromatic heterocycles. The number of hydrogen-bond acceptors (Lipinski definition) is 6. The van der Waals surface area contributed by atoms with Crippen LogP contribution >= 0.6 is 0 Å². The van der Waals surface area contributed by atoms with Crippen molar-refractivity contribution in [1.29, 1.82) is 0 Å². The minimum atomic E-state index is -0.415. The first-order valence-corrected chi connectivity index (χ1v) is 21.0. The molecule has 1 N–H and O–H groups in total. The SMILES string of the molecule is CCCCCCCCCOC(=O)CCCCCCCN(CCO)CCCCCCC(C)(C)C(=O)OCCCCC(CCCC)CCCC. The smallest absolute Gasteiger partial charge is 0.311 e. The van der Waals surface area contributed by atoms with Gasteiger partial charge >= 0.3 is 11.9 Å². The Morgan fingerprint density at radius 3 is 1.65 bits per heavy atom. The zero-order valence-electron chi connectivity index (χ0n) is 32.9. The molecule has 0 fully saturated rings. The van der Waals surface area contributed by atoms with Gasteiger partial charge in [0.15, 0.2) is 0 Å². The fourth-order valence-corrected chi connectivity index (χ4v) is 6.60. The van der Waals surface area contributed by atoms with E-state index in [2.05, 4.69) is 25.7 Å². The van der Waals surface area contributed by atoms with Gasteiger partial charge in [-0.15, -0.1) is 0 Å². The monoisotopic (exact) mass is 682 g/mol. The van der Waals surface area contributed by atoms with E-state index in [1.165, 1.54) is 89.9 Å². The van der Waals surface area contributed by atoms with Gasteiger partial charge in [-0.3, -0.25) is 9.59 Å². The molecule has 286 valence electrons. The molecule has 0 heterocycles. The summed E-state index contributed by atoms with van der Waals surface area (Å²) in [7, 11) is 0. The van der Waals surface area contributed by atoms with Gasteiger partial charge in [-0.05, 0) is 77.8 Å². The van der Waals surface area contributed by atoms with Crippen LogP contribution in [0.15, 0.2) is 0 Å². The number of hydrogen-bond donors (Lipinski definition) is 1. The number of rotatable bonds is 37. The second kappa shape index (κ2) is 34.3. The molecule has 0 rings (SSSR count). The molecule has 0 atom stereocenters. The van der Waals surface area contributed by atoms with Crippen LogP contribution in [-0.2, 0) is 19.1 Å². The number of carbonyl (C=O) groups is 2. The van der Waals surface area contributed by atoms with Gasteiger partial charge in [-0.1, -0.05) is 143 Å². The Balaban J connectivity index is 3.88. The van der Waals surface area contributed by atoms with E-state index in [4.69, 9.17) is 9.47 Å². The Morgan fingerprint density at radius 2 is 1.04 bits per heavy atom. The van der Waals surface area contributed by atoms with E-state index in [1.54, 1.807) is 0 Å². The Labute approximate surface area is 299 Å². The van der Waals surface area contributed by atoms with Crippen molar-refractivity contribution < 1.29 is 24.2 Å². The predicted molar refractivity (Wildman–Crippen MR) is 204 cm³/mol. The van der Waals surface area contributed by atoms with E-state index < -0.39 is 5.41 Å². The molecule has 48 heavy (non-hydrogen) atoms. The van der Waals surface area contributed by atoms with Crippen molar-refractivity contribution in [1.82, 2.24) is 4.90 Å². The van der Waals surface area contributed by atoms with Crippen LogP contribution in [0.1, 0.15) is 208 Å². The molecule has 0 aromatic rings. The maximum absolute atomic E-state index is 12.8. The van der Waals surface area contributed by atoms with Gasteiger partial charge in [0.2, 0.25) is 0 Å². The molecular weight excluding hydrogens is 598 g/mol. The highest BCUT2D eigenvalue weighted by atomic mass is 16.5. The summed E-state index contributed by atoms with van der Waals surface area (Å²) >= 11 is 0. The third-order valence-electron chi connectivity index (χ3n) is 10.0. The van der Waals surface area contributed by atoms with Crippen molar-refractivity contribution in [3.8, 4) is 0 Å². The molecule has 6 heteroatoms. The third kappa shape index (κ3) is 29.7. The summed E-state index contributed by atoms with van der Waals surface area (Å²) in [5, 5.41) is 9.53. The lowest BCUT2D eigenvalue weighted by molar-refractivity contribution is -0.154. The second-order valence-electron chi connectivity index (χ2n) is 15.3. The first kappa shape index (κ1) is 46.9. The van der Waals surface area contributed by atoms with Gasteiger partial charge < -0.3 is 19.5 Å². The average Bonchev–Trinajstić information content (AvgIpc) is 3.07. The molecular formula is C42H83NO5. The average molecular weight is 682 g/mol. The number of esters is 2. The van der Waals surface area contributed by atoms with E-state index in [0.29, 0.717) is 19.6 Å². The molecule has 0 bridgehead atoms. The minimum absolute atomic E-state index is 0.0342. The van der Waals surface area contributed by atoms with E-state index in [0.717, 1.165) is 103 Å². The highest BCUT2D eigenvalue weighted by Gasteiger charge is 2.28. The Hall–Kier alpha value is -1.14. The second-order valence-corrected chi connectivity index (χ2v) is 15.3. The summed E-state index contributed by atoms with van der Waals surface area (Å²) in [5.74, 6) is 0.772. The van der Waals surface area contributed by atoms with Crippen LogP contribution < -0.4 is 0 Å². The van der Waals surface area contributed by atoms with Crippen molar-refractivity contribution in [2.75, 3.05) is 39.5 Å². The fraction of sp³-hybridized carbons (Fsp3) is 0.952. The van der Waals surface area contributed by atoms with Gasteiger partial charge in [0.05, 0.1) is 25.2 Å². The molecule has 0 aliphatic heterocycles. The number of aliphatic hydroxyl groups is 1. The molecule has 6 nitrogen and oxygen atoms in total. The number of nitrogens with zero attached hydrogens (tertiary/aromatic N) is 1. The Morgan fingerprint density at radius 1 is 0.562 bits per heavy atom. The molecule has 0 saturated heterocycles. The van der Waals surface area contributed by atoms with Crippen LogP contribution in [0, 0.1) is 11.3 Å².